The molecule has 5 nitrogen and oxygen atoms in total. The van der Waals surface area contributed by atoms with Gasteiger partial charge in [-0.15, -0.1) is 0 Å². The normalized spacial score (nSPS) is 11.9. The minimum Gasteiger partial charge on any atom is -0.508 e. The highest BCUT2D eigenvalue weighted by Gasteiger charge is 2.20. The Morgan fingerprint density at radius 1 is 1.19 bits per heavy atom. The predicted molar refractivity (Wildman–Crippen MR) is 79.2 cm³/mol. The van der Waals surface area contributed by atoms with Crippen molar-refractivity contribution < 1.29 is 14.7 Å². The largest absolute Gasteiger partial charge is 0.508 e. The summed E-state index contributed by atoms with van der Waals surface area (Å²) in [6.07, 6.45) is 3.64. The second-order valence-electron chi connectivity index (χ2n) is 4.97. The average Bonchev–Trinajstić information content (AvgIpc) is 3.00. The Morgan fingerprint density at radius 3 is 2.33 bits per heavy atom. The molecule has 1 unspecified atom stereocenters. The molecule has 2 aromatic rings. The van der Waals surface area contributed by atoms with Crippen LogP contribution in [0.4, 0.5) is 0 Å². The van der Waals surface area contributed by atoms with E-state index in [0.717, 1.165) is 0 Å². The van der Waals surface area contributed by atoms with Gasteiger partial charge in [-0.3, -0.25) is 9.59 Å². The van der Waals surface area contributed by atoms with Crippen LogP contribution in [0.5, 0.6) is 5.75 Å². The van der Waals surface area contributed by atoms with Crippen molar-refractivity contribution in [1.29, 1.82) is 0 Å². The number of likely N-dealkylation sites (N-methyl/N-ethyl adjacent to an activating group) is 1. The zero-order chi connectivity index (χ0) is 15.4. The van der Waals surface area contributed by atoms with Gasteiger partial charge in [0, 0.05) is 25.0 Å². The molecule has 0 spiro atoms. The molecule has 0 saturated heterocycles. The van der Waals surface area contributed by atoms with E-state index in [1.54, 1.807) is 30.7 Å². The SMILES string of the molecule is CC(C(=O)N(C)CC(=O)c1ccc(O)cc1)n1cccc1. The van der Waals surface area contributed by atoms with Crippen LogP contribution in [-0.2, 0) is 4.79 Å². The van der Waals surface area contributed by atoms with Gasteiger partial charge in [-0.25, -0.2) is 0 Å². The van der Waals surface area contributed by atoms with Crippen LogP contribution < -0.4 is 0 Å². The van der Waals surface area contributed by atoms with Crippen LogP contribution in [0.15, 0.2) is 48.8 Å². The number of hydrogen-bond acceptors (Lipinski definition) is 3. The number of Topliss-reactive ketones (excluding diaryl/α,β-unsaturated/α-hetero) is 1. The fraction of sp³-hybridized carbons (Fsp3) is 0.250. The van der Waals surface area contributed by atoms with Crippen LogP contribution >= 0.6 is 0 Å². The van der Waals surface area contributed by atoms with Gasteiger partial charge in [0.05, 0.1) is 6.54 Å². The zero-order valence-corrected chi connectivity index (χ0v) is 12.1. The molecule has 0 aliphatic rings. The number of amides is 1. The first kappa shape index (κ1) is 14.8. The number of carbonyl (C=O) groups excluding carboxylic acids is 2. The van der Waals surface area contributed by atoms with Crippen LogP contribution in [0.25, 0.3) is 0 Å². The Hall–Kier alpha value is -2.56. The summed E-state index contributed by atoms with van der Waals surface area (Å²) in [6.45, 7) is 1.80. The van der Waals surface area contributed by atoms with Gasteiger partial charge in [-0.2, -0.15) is 0 Å². The quantitative estimate of drug-likeness (QED) is 0.856. The van der Waals surface area contributed by atoms with E-state index < -0.39 is 0 Å². The van der Waals surface area contributed by atoms with E-state index in [-0.39, 0.29) is 30.0 Å². The van der Waals surface area contributed by atoms with E-state index >= 15 is 0 Å². The molecule has 5 heteroatoms. The molecule has 21 heavy (non-hydrogen) atoms. The summed E-state index contributed by atoms with van der Waals surface area (Å²) in [5.41, 5.74) is 0.473. The first-order chi connectivity index (χ1) is 9.99. The number of nitrogens with zero attached hydrogens (tertiary/aromatic N) is 2. The first-order valence-corrected chi connectivity index (χ1v) is 6.68. The molecule has 1 aromatic carbocycles. The minimum atomic E-state index is -0.349. The smallest absolute Gasteiger partial charge is 0.245 e. The van der Waals surface area contributed by atoms with Crippen LogP contribution in [0, 0.1) is 0 Å². The highest BCUT2D eigenvalue weighted by atomic mass is 16.3. The van der Waals surface area contributed by atoms with E-state index in [4.69, 9.17) is 0 Å². The second-order valence-corrected chi connectivity index (χ2v) is 4.97. The van der Waals surface area contributed by atoms with Gasteiger partial charge >= 0.3 is 0 Å². The van der Waals surface area contributed by atoms with Crippen molar-refractivity contribution in [3.05, 3.63) is 54.4 Å². The molecule has 0 bridgehead atoms. The summed E-state index contributed by atoms with van der Waals surface area (Å²) >= 11 is 0. The van der Waals surface area contributed by atoms with Crippen LogP contribution in [0.1, 0.15) is 23.3 Å². The lowest BCUT2D eigenvalue weighted by atomic mass is 10.1. The molecule has 0 aliphatic carbocycles. The number of hydrogen-bond donors (Lipinski definition) is 1. The van der Waals surface area contributed by atoms with Gasteiger partial charge in [-0.1, -0.05) is 0 Å². The van der Waals surface area contributed by atoms with Crippen molar-refractivity contribution in [2.45, 2.75) is 13.0 Å². The van der Waals surface area contributed by atoms with Gasteiger partial charge in [-0.05, 0) is 43.3 Å². The summed E-state index contributed by atoms with van der Waals surface area (Å²) in [6, 6.07) is 9.36. The van der Waals surface area contributed by atoms with Crippen molar-refractivity contribution in [2.24, 2.45) is 0 Å². The van der Waals surface area contributed by atoms with E-state index in [1.165, 1.54) is 17.0 Å². The highest BCUT2D eigenvalue weighted by Crippen LogP contribution is 2.12. The Bertz CT molecular complexity index is 617. The molecule has 1 atom stereocenters. The van der Waals surface area contributed by atoms with Gasteiger partial charge < -0.3 is 14.6 Å². The number of ketones is 1. The van der Waals surface area contributed by atoms with E-state index in [9.17, 15) is 14.7 Å². The molecule has 1 amide bonds. The molecule has 1 heterocycles. The van der Waals surface area contributed by atoms with Crippen molar-refractivity contribution in [3.63, 3.8) is 0 Å². The van der Waals surface area contributed by atoms with Crippen molar-refractivity contribution in [2.75, 3.05) is 13.6 Å². The third-order valence-electron chi connectivity index (χ3n) is 3.38. The summed E-state index contributed by atoms with van der Waals surface area (Å²) in [5.74, 6) is -0.180. The lowest BCUT2D eigenvalue weighted by Crippen LogP contribution is -2.36. The zero-order valence-electron chi connectivity index (χ0n) is 12.1. The Balaban J connectivity index is 2.00. The molecule has 1 N–H and O–H groups in total. The maximum absolute atomic E-state index is 12.3. The van der Waals surface area contributed by atoms with Gasteiger partial charge in [0.1, 0.15) is 11.8 Å². The lowest BCUT2D eigenvalue weighted by Gasteiger charge is -2.21. The maximum Gasteiger partial charge on any atom is 0.245 e. The van der Waals surface area contributed by atoms with Crippen LogP contribution in [0.2, 0.25) is 0 Å². The standard InChI is InChI=1S/C16H18N2O3/c1-12(18-9-3-4-10-18)16(21)17(2)11-15(20)13-5-7-14(19)8-6-13/h3-10,12,19H,11H2,1-2H3. The van der Waals surface area contributed by atoms with Crippen molar-refractivity contribution in [3.8, 4) is 5.75 Å². The number of carbonyl (C=O) groups is 2. The first-order valence-electron chi connectivity index (χ1n) is 6.68. The van der Waals surface area contributed by atoms with Crippen LogP contribution in [-0.4, -0.2) is 39.9 Å². The minimum absolute atomic E-state index is 0.00914. The molecular weight excluding hydrogens is 268 g/mol. The third kappa shape index (κ3) is 3.51. The molecular formula is C16H18N2O3. The molecule has 110 valence electrons. The number of rotatable bonds is 5. The summed E-state index contributed by atoms with van der Waals surface area (Å²) < 4.78 is 1.80. The molecule has 0 fully saturated rings. The summed E-state index contributed by atoms with van der Waals surface area (Å²) in [7, 11) is 1.61. The Labute approximate surface area is 123 Å². The van der Waals surface area contributed by atoms with E-state index in [2.05, 4.69) is 0 Å². The average molecular weight is 286 g/mol. The number of phenols is 1. The Morgan fingerprint density at radius 2 is 1.76 bits per heavy atom. The van der Waals surface area contributed by atoms with Crippen molar-refractivity contribution >= 4 is 11.7 Å². The summed E-state index contributed by atoms with van der Waals surface area (Å²) in [5, 5.41) is 9.21. The molecule has 0 saturated carbocycles. The molecule has 1 aromatic heterocycles. The van der Waals surface area contributed by atoms with Crippen molar-refractivity contribution in [1.82, 2.24) is 9.47 Å². The van der Waals surface area contributed by atoms with Gasteiger partial charge in [0.25, 0.3) is 0 Å². The maximum atomic E-state index is 12.3. The number of aromatic hydroxyl groups is 1. The second kappa shape index (κ2) is 6.26. The highest BCUT2D eigenvalue weighted by molar-refractivity contribution is 5.99. The number of benzene rings is 1. The monoisotopic (exact) mass is 286 g/mol. The fourth-order valence-electron chi connectivity index (χ4n) is 2.08. The molecule has 0 aliphatic heterocycles. The van der Waals surface area contributed by atoms with E-state index in [0.29, 0.717) is 5.56 Å². The van der Waals surface area contributed by atoms with Crippen LogP contribution in [0.3, 0.4) is 0 Å². The molecule has 2 rings (SSSR count). The Kier molecular flexibility index (Phi) is 4.42. The predicted octanol–water partition coefficient (Wildman–Crippen LogP) is 2.10. The third-order valence-corrected chi connectivity index (χ3v) is 3.38. The molecule has 0 radical (unpaired) electrons. The summed E-state index contributed by atoms with van der Waals surface area (Å²) in [4.78, 5) is 25.8. The fourth-order valence-corrected chi connectivity index (χ4v) is 2.08. The van der Waals surface area contributed by atoms with Gasteiger partial charge in [0.15, 0.2) is 5.78 Å². The van der Waals surface area contributed by atoms with E-state index in [1.807, 2.05) is 24.5 Å². The number of phenolic OH excluding ortho intramolecular Hbond substituents is 1. The number of aromatic nitrogens is 1. The van der Waals surface area contributed by atoms with Gasteiger partial charge in [0.2, 0.25) is 5.91 Å². The topological polar surface area (TPSA) is 62.5 Å². The lowest BCUT2D eigenvalue weighted by molar-refractivity contribution is -0.132.